The van der Waals surface area contributed by atoms with Crippen LogP contribution >= 0.6 is 34.9 Å². The number of anilines is 2. The second-order valence-electron chi connectivity index (χ2n) is 3.96. The summed E-state index contributed by atoms with van der Waals surface area (Å²) in [7, 11) is 0. The van der Waals surface area contributed by atoms with Crippen LogP contribution in [0.1, 0.15) is 5.69 Å². The lowest BCUT2D eigenvalue weighted by molar-refractivity contribution is -0.113. The Bertz CT molecular complexity index is 613. The normalized spacial score (nSPS) is 10.5. The average molecular weight is 325 g/mol. The number of benzene rings is 1. The molecule has 0 bridgehead atoms. The highest BCUT2D eigenvalue weighted by Crippen LogP contribution is 2.31. The van der Waals surface area contributed by atoms with Crippen molar-refractivity contribution in [2.75, 3.05) is 23.1 Å². The Balaban J connectivity index is 1.94. The number of nitrogens with one attached hydrogen (secondary N) is 1. The Hall–Kier alpha value is -1.18. The van der Waals surface area contributed by atoms with E-state index >= 15 is 0 Å². The molecule has 0 radical (unpaired) electrons. The number of thiazole rings is 1. The molecule has 3 N–H and O–H groups in total. The van der Waals surface area contributed by atoms with Crippen LogP contribution < -0.4 is 11.1 Å². The molecule has 0 spiro atoms. The van der Waals surface area contributed by atoms with E-state index in [0.717, 1.165) is 20.5 Å². The molecule has 2 aromatic rings. The maximum atomic E-state index is 12.0. The van der Waals surface area contributed by atoms with Crippen LogP contribution in [0, 0.1) is 6.92 Å². The van der Waals surface area contributed by atoms with E-state index in [4.69, 9.17) is 5.73 Å². The Kier molecular flexibility index (Phi) is 5.33. The largest absolute Gasteiger partial charge is 0.375 e. The molecular weight excluding hydrogens is 310 g/mol. The highest BCUT2D eigenvalue weighted by molar-refractivity contribution is 8.01. The van der Waals surface area contributed by atoms with E-state index in [9.17, 15) is 4.79 Å². The summed E-state index contributed by atoms with van der Waals surface area (Å²) in [5.41, 5.74) is 7.38. The van der Waals surface area contributed by atoms with Gasteiger partial charge in [0.05, 0.1) is 21.3 Å². The number of thioether (sulfide) groups is 2. The molecule has 0 fully saturated rings. The number of hydrogen-bond acceptors (Lipinski definition) is 6. The van der Waals surface area contributed by atoms with Crippen molar-refractivity contribution in [3.05, 3.63) is 30.0 Å². The molecule has 1 aromatic heterocycles. The molecule has 20 heavy (non-hydrogen) atoms. The minimum atomic E-state index is -0.0251. The van der Waals surface area contributed by atoms with Crippen LogP contribution in [0.5, 0.6) is 0 Å². The third kappa shape index (κ3) is 3.91. The zero-order chi connectivity index (χ0) is 14.5. The first kappa shape index (κ1) is 15.2. The van der Waals surface area contributed by atoms with Crippen molar-refractivity contribution in [2.24, 2.45) is 0 Å². The Labute approximate surface area is 130 Å². The molecule has 2 rings (SSSR count). The molecule has 1 heterocycles. The molecule has 0 aliphatic rings. The second kappa shape index (κ2) is 7.01. The topological polar surface area (TPSA) is 68.0 Å². The van der Waals surface area contributed by atoms with E-state index < -0.39 is 0 Å². The fourth-order valence-electron chi connectivity index (χ4n) is 1.60. The van der Waals surface area contributed by atoms with Gasteiger partial charge in [-0.3, -0.25) is 4.79 Å². The van der Waals surface area contributed by atoms with Gasteiger partial charge in [-0.25, -0.2) is 4.98 Å². The van der Waals surface area contributed by atoms with Gasteiger partial charge in [-0.05, 0) is 25.3 Å². The molecule has 1 aromatic carbocycles. The molecular formula is C13H15N3OS3. The zero-order valence-electron chi connectivity index (χ0n) is 11.2. The van der Waals surface area contributed by atoms with Crippen LogP contribution in [0.3, 0.4) is 0 Å². The summed E-state index contributed by atoms with van der Waals surface area (Å²) in [6.45, 7) is 1.90. The molecule has 0 saturated heterocycles. The quantitative estimate of drug-likeness (QED) is 0.824. The van der Waals surface area contributed by atoms with Crippen LogP contribution in [0.15, 0.2) is 33.4 Å². The highest BCUT2D eigenvalue weighted by Gasteiger charge is 2.10. The summed E-state index contributed by atoms with van der Waals surface area (Å²) in [6, 6.07) is 7.77. The number of amides is 1. The number of rotatable bonds is 5. The van der Waals surface area contributed by atoms with Crippen LogP contribution in [-0.4, -0.2) is 22.9 Å². The lowest BCUT2D eigenvalue weighted by Crippen LogP contribution is -2.14. The van der Waals surface area contributed by atoms with E-state index in [1.165, 1.54) is 23.1 Å². The number of nitrogen functional groups attached to an aromatic ring is 1. The van der Waals surface area contributed by atoms with Crippen LogP contribution in [0.2, 0.25) is 0 Å². The Morgan fingerprint density at radius 3 is 2.85 bits per heavy atom. The van der Waals surface area contributed by atoms with E-state index in [-0.39, 0.29) is 5.91 Å². The third-order valence-corrected chi connectivity index (χ3v) is 5.63. The predicted octanol–water partition coefficient (Wildman–Crippen LogP) is 3.49. The molecule has 0 atom stereocenters. The number of nitrogens with two attached hydrogens (primary N) is 1. The van der Waals surface area contributed by atoms with Crippen LogP contribution in [-0.2, 0) is 4.79 Å². The van der Waals surface area contributed by atoms with Crippen LogP contribution in [0.4, 0.5) is 10.8 Å². The van der Waals surface area contributed by atoms with Crippen LogP contribution in [0.25, 0.3) is 0 Å². The van der Waals surface area contributed by atoms with Crippen molar-refractivity contribution in [3.63, 3.8) is 0 Å². The number of carbonyl (C=O) groups excluding carboxylic acids is 1. The van der Waals surface area contributed by atoms with E-state index in [1.807, 2.05) is 37.4 Å². The average Bonchev–Trinajstić information content (AvgIpc) is 2.75. The number of hydrogen-bond donors (Lipinski definition) is 2. The fourth-order valence-corrected chi connectivity index (χ4v) is 3.98. The van der Waals surface area contributed by atoms with Crippen molar-refractivity contribution in [3.8, 4) is 0 Å². The lowest BCUT2D eigenvalue weighted by atomic mass is 10.3. The Morgan fingerprint density at radius 1 is 1.45 bits per heavy atom. The molecule has 4 nitrogen and oxygen atoms in total. The lowest BCUT2D eigenvalue weighted by Gasteiger charge is -2.08. The fraction of sp³-hybridized carbons (Fsp3) is 0.231. The molecule has 0 aliphatic carbocycles. The summed E-state index contributed by atoms with van der Waals surface area (Å²) in [6.07, 6.45) is 1.99. The molecule has 0 unspecified atom stereocenters. The Morgan fingerprint density at radius 2 is 2.20 bits per heavy atom. The van der Waals surface area contributed by atoms with E-state index in [2.05, 4.69) is 10.3 Å². The van der Waals surface area contributed by atoms with Crippen molar-refractivity contribution in [1.29, 1.82) is 0 Å². The predicted molar refractivity (Wildman–Crippen MR) is 88.8 cm³/mol. The monoisotopic (exact) mass is 325 g/mol. The molecule has 7 heteroatoms. The molecule has 0 saturated carbocycles. The van der Waals surface area contributed by atoms with Crippen molar-refractivity contribution >= 4 is 51.6 Å². The highest BCUT2D eigenvalue weighted by atomic mass is 32.2. The number of aryl methyl sites for hydroxylation is 1. The van der Waals surface area contributed by atoms with Gasteiger partial charge in [-0.2, -0.15) is 0 Å². The van der Waals surface area contributed by atoms with Gasteiger partial charge in [0.25, 0.3) is 0 Å². The second-order valence-corrected chi connectivity index (χ2v) is 7.08. The number of carbonyl (C=O) groups is 1. The maximum absolute atomic E-state index is 12.0. The van der Waals surface area contributed by atoms with Gasteiger partial charge in [0.15, 0.2) is 5.13 Å². The first-order chi connectivity index (χ1) is 9.60. The smallest absolute Gasteiger partial charge is 0.234 e. The van der Waals surface area contributed by atoms with E-state index in [0.29, 0.717) is 10.9 Å². The summed E-state index contributed by atoms with van der Waals surface area (Å²) in [4.78, 5) is 17.2. The minimum Gasteiger partial charge on any atom is -0.375 e. The zero-order valence-corrected chi connectivity index (χ0v) is 13.6. The summed E-state index contributed by atoms with van der Waals surface area (Å²) < 4.78 is 0.996. The first-order valence-electron chi connectivity index (χ1n) is 5.88. The maximum Gasteiger partial charge on any atom is 0.234 e. The van der Waals surface area contributed by atoms with Gasteiger partial charge in [-0.1, -0.05) is 23.5 Å². The number of aromatic nitrogens is 1. The summed E-state index contributed by atoms with van der Waals surface area (Å²) >= 11 is 4.49. The third-order valence-electron chi connectivity index (χ3n) is 2.49. The summed E-state index contributed by atoms with van der Waals surface area (Å²) in [5, 5.41) is 3.47. The number of para-hydroxylation sites is 1. The van der Waals surface area contributed by atoms with Crippen molar-refractivity contribution in [2.45, 2.75) is 16.0 Å². The van der Waals surface area contributed by atoms with Gasteiger partial charge in [-0.15, -0.1) is 23.5 Å². The molecule has 106 valence electrons. The SMILES string of the molecule is CSc1ccccc1NC(=O)CSc1sc(N)nc1C. The molecule has 1 amide bonds. The standard InChI is InChI=1S/C13H15N3OS3/c1-8-12(20-13(14)15-8)19-7-11(17)16-9-5-3-4-6-10(9)18-2/h3-6H,7H2,1-2H3,(H2,14,15)(H,16,17). The first-order valence-corrected chi connectivity index (χ1v) is 8.91. The summed E-state index contributed by atoms with van der Waals surface area (Å²) in [5.74, 6) is 0.327. The van der Waals surface area contributed by atoms with Gasteiger partial charge < -0.3 is 11.1 Å². The van der Waals surface area contributed by atoms with Gasteiger partial charge in [0.2, 0.25) is 5.91 Å². The van der Waals surface area contributed by atoms with Crippen molar-refractivity contribution in [1.82, 2.24) is 4.98 Å². The van der Waals surface area contributed by atoms with E-state index in [1.54, 1.807) is 11.8 Å². The van der Waals surface area contributed by atoms with Crippen molar-refractivity contribution < 1.29 is 4.79 Å². The number of nitrogens with zero attached hydrogens (tertiary/aromatic N) is 1. The van der Waals surface area contributed by atoms with Gasteiger partial charge >= 0.3 is 0 Å². The minimum absolute atomic E-state index is 0.0251. The molecule has 0 aliphatic heterocycles. The van der Waals surface area contributed by atoms with Gasteiger partial charge in [0.1, 0.15) is 0 Å². The van der Waals surface area contributed by atoms with Gasteiger partial charge in [0, 0.05) is 4.90 Å².